The molecule has 1 heterocycles. The van der Waals surface area contributed by atoms with Crippen LogP contribution in [0.15, 0.2) is 29.2 Å². The van der Waals surface area contributed by atoms with E-state index in [-0.39, 0.29) is 5.91 Å². The Labute approximate surface area is 148 Å². The van der Waals surface area contributed by atoms with Crippen LogP contribution < -0.4 is 4.90 Å². The second kappa shape index (κ2) is 7.95. The van der Waals surface area contributed by atoms with Gasteiger partial charge in [0.25, 0.3) is 5.91 Å². The molecule has 4 nitrogen and oxygen atoms in total. The molecule has 2 rings (SSSR count). The zero-order valence-corrected chi connectivity index (χ0v) is 15.7. The quantitative estimate of drug-likeness (QED) is 0.580. The minimum absolute atomic E-state index is 0.00332. The van der Waals surface area contributed by atoms with Gasteiger partial charge >= 0.3 is 0 Å². The van der Waals surface area contributed by atoms with Crippen molar-refractivity contribution in [3.05, 3.63) is 34.7 Å². The number of carbonyl (C=O) groups excluding carboxylic acids is 1. The van der Waals surface area contributed by atoms with Crippen LogP contribution in [0.5, 0.6) is 0 Å². The van der Waals surface area contributed by atoms with Gasteiger partial charge in [0.05, 0.1) is 11.6 Å². The first-order valence-corrected chi connectivity index (χ1v) is 8.93. The standard InChI is InChI=1S/C17H23N3OS2/c1-5-19(6-2)12-20-16(21)15(23-17(20)22)11-13-7-9-14(10-8-13)18(3)4/h7-11H,5-6,12H2,1-4H3. The Morgan fingerprint density at radius 3 is 2.30 bits per heavy atom. The lowest BCUT2D eigenvalue weighted by molar-refractivity contribution is -0.123. The number of hydrogen-bond acceptors (Lipinski definition) is 5. The van der Waals surface area contributed by atoms with Crippen molar-refractivity contribution in [2.75, 3.05) is 38.8 Å². The third-order valence-electron chi connectivity index (χ3n) is 3.82. The molecule has 124 valence electrons. The van der Waals surface area contributed by atoms with E-state index in [9.17, 15) is 4.79 Å². The van der Waals surface area contributed by atoms with E-state index in [4.69, 9.17) is 12.2 Å². The SMILES string of the molecule is CCN(CC)CN1C(=O)C(=Cc2ccc(N(C)C)cc2)SC1=S. The van der Waals surface area contributed by atoms with Crippen LogP contribution in [0, 0.1) is 0 Å². The molecule has 23 heavy (non-hydrogen) atoms. The van der Waals surface area contributed by atoms with Gasteiger partial charge in [0.2, 0.25) is 0 Å². The molecule has 1 aliphatic heterocycles. The molecule has 0 unspecified atom stereocenters. The number of carbonyl (C=O) groups is 1. The lowest BCUT2D eigenvalue weighted by Gasteiger charge is -2.24. The Morgan fingerprint density at radius 1 is 1.17 bits per heavy atom. The van der Waals surface area contributed by atoms with E-state index in [2.05, 4.69) is 18.7 Å². The van der Waals surface area contributed by atoms with Crippen molar-refractivity contribution >= 4 is 46.0 Å². The predicted molar refractivity (Wildman–Crippen MR) is 104 cm³/mol. The lowest BCUT2D eigenvalue weighted by Crippen LogP contribution is -2.40. The zero-order chi connectivity index (χ0) is 17.0. The average molecular weight is 350 g/mol. The Balaban J connectivity index is 2.14. The van der Waals surface area contributed by atoms with Crippen LogP contribution in [-0.2, 0) is 4.79 Å². The molecule has 0 saturated carbocycles. The summed E-state index contributed by atoms with van der Waals surface area (Å²) in [5.41, 5.74) is 2.15. The van der Waals surface area contributed by atoms with Crippen molar-refractivity contribution in [3.63, 3.8) is 0 Å². The normalized spacial score (nSPS) is 16.7. The summed E-state index contributed by atoms with van der Waals surface area (Å²) in [4.78, 5) is 19.2. The van der Waals surface area contributed by atoms with Crippen LogP contribution in [0.25, 0.3) is 6.08 Å². The molecule has 0 atom stereocenters. The van der Waals surface area contributed by atoms with Crippen molar-refractivity contribution in [3.8, 4) is 0 Å². The number of nitrogens with zero attached hydrogens (tertiary/aromatic N) is 3. The topological polar surface area (TPSA) is 26.8 Å². The first-order chi connectivity index (χ1) is 11.0. The highest BCUT2D eigenvalue weighted by atomic mass is 32.2. The molecule has 0 aliphatic carbocycles. The maximum absolute atomic E-state index is 12.6. The summed E-state index contributed by atoms with van der Waals surface area (Å²) in [5.74, 6) is 0.00332. The first kappa shape index (κ1) is 18.0. The summed E-state index contributed by atoms with van der Waals surface area (Å²) in [7, 11) is 4.01. The van der Waals surface area contributed by atoms with Gasteiger partial charge in [0.1, 0.15) is 4.32 Å². The number of amides is 1. The molecule has 0 radical (unpaired) electrons. The summed E-state index contributed by atoms with van der Waals surface area (Å²) in [6.07, 6.45) is 1.92. The molecule has 0 N–H and O–H groups in total. The largest absolute Gasteiger partial charge is 0.378 e. The molecular formula is C17H23N3OS2. The predicted octanol–water partition coefficient (Wildman–Crippen LogP) is 3.25. The van der Waals surface area contributed by atoms with Gasteiger partial charge in [0, 0.05) is 19.8 Å². The van der Waals surface area contributed by atoms with Gasteiger partial charge in [-0.1, -0.05) is 50.0 Å². The van der Waals surface area contributed by atoms with Gasteiger partial charge in [-0.25, -0.2) is 0 Å². The van der Waals surface area contributed by atoms with Gasteiger partial charge in [-0.3, -0.25) is 14.6 Å². The Kier molecular flexibility index (Phi) is 6.21. The van der Waals surface area contributed by atoms with Gasteiger partial charge < -0.3 is 4.90 Å². The third kappa shape index (κ3) is 4.34. The molecule has 1 amide bonds. The van der Waals surface area contributed by atoms with E-state index in [0.29, 0.717) is 15.9 Å². The minimum Gasteiger partial charge on any atom is -0.378 e. The maximum atomic E-state index is 12.6. The average Bonchev–Trinajstić information content (AvgIpc) is 2.80. The van der Waals surface area contributed by atoms with Crippen molar-refractivity contribution in [1.29, 1.82) is 0 Å². The Morgan fingerprint density at radius 2 is 1.78 bits per heavy atom. The number of rotatable bonds is 6. The summed E-state index contributed by atoms with van der Waals surface area (Å²) in [5, 5.41) is 0. The number of thiocarbonyl (C=S) groups is 1. The van der Waals surface area contributed by atoms with Crippen molar-refractivity contribution in [2.24, 2.45) is 0 Å². The van der Waals surface area contributed by atoms with E-state index in [1.807, 2.05) is 49.3 Å². The van der Waals surface area contributed by atoms with Crippen molar-refractivity contribution in [2.45, 2.75) is 13.8 Å². The van der Waals surface area contributed by atoms with Crippen LogP contribution in [0.2, 0.25) is 0 Å². The molecule has 1 aromatic carbocycles. The molecule has 1 fully saturated rings. The lowest BCUT2D eigenvalue weighted by atomic mass is 10.2. The number of hydrogen-bond donors (Lipinski definition) is 0. The van der Waals surface area contributed by atoms with Crippen LogP contribution in [0.3, 0.4) is 0 Å². The molecular weight excluding hydrogens is 326 g/mol. The van der Waals surface area contributed by atoms with Crippen LogP contribution in [0.1, 0.15) is 19.4 Å². The molecule has 0 spiro atoms. The van der Waals surface area contributed by atoms with Gasteiger partial charge in [0.15, 0.2) is 0 Å². The van der Waals surface area contributed by atoms with Gasteiger partial charge in [-0.2, -0.15) is 0 Å². The van der Waals surface area contributed by atoms with E-state index in [1.165, 1.54) is 11.8 Å². The molecule has 0 aromatic heterocycles. The third-order valence-corrected chi connectivity index (χ3v) is 5.19. The second-order valence-corrected chi connectivity index (χ2v) is 7.22. The zero-order valence-electron chi connectivity index (χ0n) is 14.1. The minimum atomic E-state index is 0.00332. The van der Waals surface area contributed by atoms with E-state index in [0.717, 1.165) is 24.3 Å². The first-order valence-electron chi connectivity index (χ1n) is 7.71. The summed E-state index contributed by atoms with van der Waals surface area (Å²) >= 11 is 6.76. The summed E-state index contributed by atoms with van der Waals surface area (Å²) in [6.45, 7) is 6.54. The molecule has 1 aromatic rings. The number of benzene rings is 1. The highest BCUT2D eigenvalue weighted by molar-refractivity contribution is 8.26. The Hall–Kier alpha value is -1.37. The highest BCUT2D eigenvalue weighted by Crippen LogP contribution is 2.32. The van der Waals surface area contributed by atoms with Crippen LogP contribution >= 0.6 is 24.0 Å². The van der Waals surface area contributed by atoms with Crippen LogP contribution in [-0.4, -0.2) is 53.9 Å². The fourth-order valence-corrected chi connectivity index (χ4v) is 3.51. The van der Waals surface area contributed by atoms with E-state index >= 15 is 0 Å². The smallest absolute Gasteiger partial charge is 0.267 e. The Bertz CT molecular complexity index is 607. The molecule has 1 aliphatic rings. The van der Waals surface area contributed by atoms with Crippen molar-refractivity contribution < 1.29 is 4.79 Å². The van der Waals surface area contributed by atoms with E-state index < -0.39 is 0 Å². The number of anilines is 1. The van der Waals surface area contributed by atoms with Gasteiger partial charge in [-0.05, 0) is 36.9 Å². The monoisotopic (exact) mass is 349 g/mol. The fourth-order valence-electron chi connectivity index (χ4n) is 2.27. The molecule has 0 bridgehead atoms. The maximum Gasteiger partial charge on any atom is 0.267 e. The van der Waals surface area contributed by atoms with Crippen LogP contribution in [0.4, 0.5) is 5.69 Å². The van der Waals surface area contributed by atoms with Gasteiger partial charge in [-0.15, -0.1) is 0 Å². The number of thioether (sulfide) groups is 1. The van der Waals surface area contributed by atoms with E-state index in [1.54, 1.807) is 4.90 Å². The molecule has 1 saturated heterocycles. The highest BCUT2D eigenvalue weighted by Gasteiger charge is 2.32. The summed E-state index contributed by atoms with van der Waals surface area (Å²) < 4.78 is 0.637. The van der Waals surface area contributed by atoms with Crippen molar-refractivity contribution in [1.82, 2.24) is 9.80 Å². The molecule has 6 heteroatoms. The summed E-state index contributed by atoms with van der Waals surface area (Å²) in [6, 6.07) is 8.13. The second-order valence-electron chi connectivity index (χ2n) is 5.54. The fraction of sp³-hybridized carbons (Fsp3) is 0.412.